The first kappa shape index (κ1) is 27.8. The third kappa shape index (κ3) is 5.96. The molecular formula is C25H38F2N2O2SSi. The standard InChI is InChI=1S/C25H38F2N2O2SSi/c1-23(2,3)32(30)29(8)25(7,19-12-13-20(26)21(27)15-19)22-14-11-18(16-28-22)17-31-33(9,10)24(4,5)6/h11-16H,17H2,1-10H3/t25?,32-/m1/s1. The third-order valence-corrected chi connectivity index (χ3v) is 13.0. The molecule has 0 fully saturated rings. The van der Waals surface area contributed by atoms with Crippen LogP contribution in [0.25, 0.3) is 0 Å². The number of nitrogens with zero attached hydrogens (tertiary/aromatic N) is 2. The van der Waals surface area contributed by atoms with Crippen LogP contribution in [0.1, 0.15) is 65.3 Å². The van der Waals surface area contributed by atoms with Gasteiger partial charge in [0.05, 0.1) is 22.6 Å². The van der Waals surface area contributed by atoms with Gasteiger partial charge in [-0.3, -0.25) is 4.98 Å². The first-order chi connectivity index (χ1) is 14.9. The van der Waals surface area contributed by atoms with E-state index in [2.05, 4.69) is 38.8 Å². The largest absolute Gasteiger partial charge is 0.413 e. The van der Waals surface area contributed by atoms with Gasteiger partial charge in [-0.15, -0.1) is 0 Å². The normalized spacial score (nSPS) is 16.0. The van der Waals surface area contributed by atoms with Gasteiger partial charge in [0.1, 0.15) is 11.0 Å². The van der Waals surface area contributed by atoms with Crippen molar-refractivity contribution >= 4 is 19.3 Å². The molecule has 0 saturated carbocycles. The summed E-state index contributed by atoms with van der Waals surface area (Å²) in [6, 6.07) is 7.55. The highest BCUT2D eigenvalue weighted by atomic mass is 32.2. The van der Waals surface area contributed by atoms with Crippen molar-refractivity contribution in [2.24, 2.45) is 0 Å². The minimum Gasteiger partial charge on any atom is -0.413 e. The van der Waals surface area contributed by atoms with E-state index in [1.165, 1.54) is 6.07 Å². The topological polar surface area (TPSA) is 42.4 Å². The summed E-state index contributed by atoms with van der Waals surface area (Å²) in [6.07, 6.45) is 1.74. The van der Waals surface area contributed by atoms with Gasteiger partial charge in [0, 0.05) is 13.2 Å². The number of hydrogen-bond donors (Lipinski definition) is 0. The van der Waals surface area contributed by atoms with Crippen LogP contribution < -0.4 is 0 Å². The van der Waals surface area contributed by atoms with Crippen molar-refractivity contribution in [3.05, 3.63) is 65.0 Å². The van der Waals surface area contributed by atoms with E-state index in [4.69, 9.17) is 4.43 Å². The molecule has 0 aliphatic carbocycles. The Labute approximate surface area is 201 Å². The minimum absolute atomic E-state index is 0.103. The Bertz CT molecular complexity index is 1000. The smallest absolute Gasteiger partial charge is 0.192 e. The number of rotatable bonds is 7. The van der Waals surface area contributed by atoms with E-state index < -0.39 is 41.2 Å². The first-order valence-corrected chi connectivity index (χ1v) is 15.1. The Kier molecular flexibility index (Phi) is 8.11. The van der Waals surface area contributed by atoms with Gasteiger partial charge in [0.2, 0.25) is 0 Å². The molecule has 0 amide bonds. The fourth-order valence-corrected chi connectivity index (χ4v) is 5.46. The fraction of sp³-hybridized carbons (Fsp3) is 0.560. The average Bonchev–Trinajstić information content (AvgIpc) is 2.71. The molecule has 2 atom stereocenters. The maximum atomic E-state index is 14.2. The highest BCUT2D eigenvalue weighted by molar-refractivity contribution is 7.84. The molecule has 0 radical (unpaired) electrons. The molecule has 2 aromatic rings. The number of benzene rings is 1. The fourth-order valence-electron chi connectivity index (χ4n) is 3.14. The van der Waals surface area contributed by atoms with Crippen molar-refractivity contribution in [3.8, 4) is 0 Å². The lowest BCUT2D eigenvalue weighted by atomic mass is 9.88. The first-order valence-electron chi connectivity index (χ1n) is 11.1. The average molecular weight is 497 g/mol. The molecule has 33 heavy (non-hydrogen) atoms. The van der Waals surface area contributed by atoms with Crippen LogP contribution in [0.3, 0.4) is 0 Å². The van der Waals surface area contributed by atoms with E-state index in [0.717, 1.165) is 17.7 Å². The summed E-state index contributed by atoms with van der Waals surface area (Å²) in [5.74, 6) is -1.88. The van der Waals surface area contributed by atoms with E-state index in [-0.39, 0.29) is 5.04 Å². The maximum Gasteiger partial charge on any atom is 0.192 e. The molecule has 0 bridgehead atoms. The van der Waals surface area contributed by atoms with E-state index in [9.17, 15) is 13.0 Å². The van der Waals surface area contributed by atoms with Crippen LogP contribution in [0.2, 0.25) is 18.1 Å². The van der Waals surface area contributed by atoms with Crippen LogP contribution in [0.4, 0.5) is 8.78 Å². The summed E-state index contributed by atoms with van der Waals surface area (Å²) in [7, 11) is -1.63. The SMILES string of the molecule is CN([S@](=O)C(C)(C)C)C(C)(c1ccc(F)c(F)c1)c1ccc(CO[Si](C)(C)C(C)(C)C)cn1. The summed E-state index contributed by atoms with van der Waals surface area (Å²) < 4.78 is 48.6. The lowest BCUT2D eigenvalue weighted by molar-refractivity contribution is 0.274. The second-order valence-corrected chi connectivity index (χ2v) is 18.2. The van der Waals surface area contributed by atoms with Gasteiger partial charge in [0.25, 0.3) is 0 Å². The van der Waals surface area contributed by atoms with Gasteiger partial charge in [-0.05, 0) is 75.2 Å². The van der Waals surface area contributed by atoms with Crippen LogP contribution in [0.15, 0.2) is 36.5 Å². The van der Waals surface area contributed by atoms with Gasteiger partial charge in [-0.2, -0.15) is 0 Å². The zero-order chi connectivity index (χ0) is 25.4. The molecule has 1 unspecified atom stereocenters. The molecular weight excluding hydrogens is 458 g/mol. The van der Waals surface area contributed by atoms with Crippen LogP contribution in [0, 0.1) is 11.6 Å². The molecule has 0 saturated heterocycles. The Morgan fingerprint density at radius 2 is 1.61 bits per heavy atom. The van der Waals surface area contributed by atoms with Crippen molar-refractivity contribution in [1.29, 1.82) is 0 Å². The molecule has 8 heteroatoms. The maximum absolute atomic E-state index is 14.2. The highest BCUT2D eigenvalue weighted by Crippen LogP contribution is 2.39. The lowest BCUT2D eigenvalue weighted by Crippen LogP contribution is -2.48. The molecule has 184 valence electrons. The van der Waals surface area contributed by atoms with E-state index in [1.807, 2.05) is 39.8 Å². The van der Waals surface area contributed by atoms with E-state index in [1.54, 1.807) is 17.5 Å². The second kappa shape index (κ2) is 9.64. The van der Waals surface area contributed by atoms with Crippen LogP contribution in [-0.4, -0.2) is 33.6 Å². The molecule has 4 nitrogen and oxygen atoms in total. The number of hydrogen-bond acceptors (Lipinski definition) is 3. The molecule has 0 aliphatic rings. The van der Waals surface area contributed by atoms with E-state index >= 15 is 0 Å². The summed E-state index contributed by atoms with van der Waals surface area (Å²) >= 11 is 0. The zero-order valence-electron chi connectivity index (χ0n) is 21.5. The van der Waals surface area contributed by atoms with Crippen LogP contribution in [0.5, 0.6) is 0 Å². The quantitative estimate of drug-likeness (QED) is 0.409. The molecule has 0 N–H and O–H groups in total. The lowest BCUT2D eigenvalue weighted by Gasteiger charge is -2.41. The van der Waals surface area contributed by atoms with Crippen molar-refractivity contribution in [2.45, 2.75) is 83.5 Å². The zero-order valence-corrected chi connectivity index (χ0v) is 23.4. The predicted molar refractivity (Wildman–Crippen MR) is 135 cm³/mol. The Morgan fingerprint density at radius 1 is 1.00 bits per heavy atom. The minimum atomic E-state index is -1.91. The predicted octanol–water partition coefficient (Wildman–Crippen LogP) is 6.54. The third-order valence-electron chi connectivity index (χ3n) is 6.61. The molecule has 0 aliphatic heterocycles. The van der Waals surface area contributed by atoms with Gasteiger partial charge in [-0.25, -0.2) is 17.3 Å². The Hall–Kier alpha value is -1.48. The van der Waals surface area contributed by atoms with Gasteiger partial charge < -0.3 is 4.43 Å². The van der Waals surface area contributed by atoms with Gasteiger partial charge in [-0.1, -0.05) is 32.9 Å². The number of pyridine rings is 1. The Morgan fingerprint density at radius 3 is 2.06 bits per heavy atom. The van der Waals surface area contributed by atoms with Crippen LogP contribution in [-0.2, 0) is 27.6 Å². The van der Waals surface area contributed by atoms with E-state index in [0.29, 0.717) is 17.9 Å². The highest BCUT2D eigenvalue weighted by Gasteiger charge is 2.42. The summed E-state index contributed by atoms with van der Waals surface area (Å²) in [6.45, 7) is 18.9. The van der Waals surface area contributed by atoms with Crippen molar-refractivity contribution in [2.75, 3.05) is 7.05 Å². The van der Waals surface area contributed by atoms with Gasteiger partial charge >= 0.3 is 0 Å². The van der Waals surface area contributed by atoms with Crippen LogP contribution >= 0.6 is 0 Å². The molecule has 1 aromatic carbocycles. The monoisotopic (exact) mass is 496 g/mol. The number of aromatic nitrogens is 1. The number of halogens is 2. The van der Waals surface area contributed by atoms with Gasteiger partial charge in [0.15, 0.2) is 20.0 Å². The summed E-state index contributed by atoms with van der Waals surface area (Å²) in [4.78, 5) is 4.67. The summed E-state index contributed by atoms with van der Waals surface area (Å²) in [5.41, 5.74) is 0.936. The summed E-state index contributed by atoms with van der Waals surface area (Å²) in [5, 5.41) is 0.103. The molecule has 1 aromatic heterocycles. The second-order valence-electron chi connectivity index (χ2n) is 11.2. The Balaban J connectivity index is 2.48. The van der Waals surface area contributed by atoms with Crippen molar-refractivity contribution in [3.63, 3.8) is 0 Å². The van der Waals surface area contributed by atoms with Crippen molar-refractivity contribution < 1.29 is 17.4 Å². The molecule has 1 heterocycles. The molecule has 2 rings (SSSR count). The molecule has 0 spiro atoms. The van der Waals surface area contributed by atoms with Crippen molar-refractivity contribution in [1.82, 2.24) is 9.29 Å².